The van der Waals surface area contributed by atoms with Crippen molar-refractivity contribution < 1.29 is 14.2 Å². The van der Waals surface area contributed by atoms with Crippen LogP contribution in [0.25, 0.3) is 27.6 Å². The van der Waals surface area contributed by atoms with Crippen molar-refractivity contribution in [3.63, 3.8) is 0 Å². The van der Waals surface area contributed by atoms with Gasteiger partial charge in [0.05, 0.1) is 35.5 Å². The fourth-order valence-electron chi connectivity index (χ4n) is 5.20. The van der Waals surface area contributed by atoms with Gasteiger partial charge in [0.25, 0.3) is 0 Å². The smallest absolute Gasteiger partial charge is 0.150 e. The van der Waals surface area contributed by atoms with Gasteiger partial charge in [-0.2, -0.15) is 0 Å². The Labute approximate surface area is 232 Å². The fourth-order valence-corrected chi connectivity index (χ4v) is 5.20. The summed E-state index contributed by atoms with van der Waals surface area (Å²) in [4.78, 5) is 18.1. The number of nitrogens with zero attached hydrogens (tertiary/aromatic N) is 5. The molecule has 10 heteroatoms. The van der Waals surface area contributed by atoms with E-state index in [2.05, 4.69) is 39.3 Å². The molecule has 206 valence electrons. The maximum Gasteiger partial charge on any atom is 0.150 e. The molecule has 6 rings (SSSR count). The van der Waals surface area contributed by atoms with Gasteiger partial charge in [0.15, 0.2) is 0 Å². The topological polar surface area (TPSA) is 122 Å². The van der Waals surface area contributed by atoms with E-state index < -0.39 is 0 Å². The number of ether oxygens (including phenoxy) is 3. The first-order valence-electron chi connectivity index (χ1n) is 13.6. The van der Waals surface area contributed by atoms with E-state index >= 15 is 0 Å². The summed E-state index contributed by atoms with van der Waals surface area (Å²) in [6, 6.07) is 10.2. The Hall–Kier alpha value is -4.28. The average molecular weight is 540 g/mol. The van der Waals surface area contributed by atoms with Crippen molar-refractivity contribution >= 4 is 33.4 Å². The lowest BCUT2D eigenvalue weighted by atomic mass is 10.1. The summed E-state index contributed by atoms with van der Waals surface area (Å²) in [6.07, 6.45) is 9.96. The van der Waals surface area contributed by atoms with Crippen LogP contribution in [0.2, 0.25) is 0 Å². The van der Waals surface area contributed by atoms with E-state index in [0.29, 0.717) is 19.0 Å². The molecule has 0 amide bonds. The zero-order valence-corrected chi connectivity index (χ0v) is 22.8. The molecular formula is C30H33N7O3. The monoisotopic (exact) mass is 539 g/mol. The molecule has 40 heavy (non-hydrogen) atoms. The summed E-state index contributed by atoms with van der Waals surface area (Å²) in [7, 11) is 1.70. The zero-order valence-electron chi connectivity index (χ0n) is 22.8. The zero-order chi connectivity index (χ0) is 27.5. The summed E-state index contributed by atoms with van der Waals surface area (Å²) in [5.41, 5.74) is 12.8. The summed E-state index contributed by atoms with van der Waals surface area (Å²) in [5.74, 6) is 1.20. The SMILES string of the molecule is CCc1cc(NCCOC)c2ccc(OCc3cncc(-n4cc([C@H]5CCCO5)c5c(N)ncnc54)c3)cc2n1. The predicted molar refractivity (Wildman–Crippen MR) is 155 cm³/mol. The number of pyridine rings is 2. The number of hydrogen-bond donors (Lipinski definition) is 2. The van der Waals surface area contributed by atoms with Gasteiger partial charge in [-0.25, -0.2) is 9.97 Å². The maximum atomic E-state index is 6.29. The number of fused-ring (bicyclic) bond motifs is 2. The van der Waals surface area contributed by atoms with Crippen molar-refractivity contribution in [2.45, 2.75) is 38.9 Å². The van der Waals surface area contributed by atoms with E-state index in [1.807, 2.05) is 41.4 Å². The van der Waals surface area contributed by atoms with E-state index in [0.717, 1.165) is 88.3 Å². The molecule has 0 saturated carbocycles. The van der Waals surface area contributed by atoms with Crippen molar-refractivity contribution in [1.29, 1.82) is 0 Å². The van der Waals surface area contributed by atoms with Crippen molar-refractivity contribution in [2.75, 3.05) is 37.9 Å². The normalized spacial score (nSPS) is 15.2. The van der Waals surface area contributed by atoms with E-state index in [9.17, 15) is 0 Å². The Morgan fingerprint density at radius 3 is 2.92 bits per heavy atom. The highest BCUT2D eigenvalue weighted by atomic mass is 16.5. The highest BCUT2D eigenvalue weighted by molar-refractivity contribution is 5.92. The third kappa shape index (κ3) is 5.15. The van der Waals surface area contributed by atoms with Crippen LogP contribution < -0.4 is 15.8 Å². The summed E-state index contributed by atoms with van der Waals surface area (Å²) in [5, 5.41) is 5.34. The lowest BCUT2D eigenvalue weighted by molar-refractivity contribution is 0.113. The van der Waals surface area contributed by atoms with E-state index in [1.165, 1.54) is 6.33 Å². The number of aryl methyl sites for hydroxylation is 1. The van der Waals surface area contributed by atoms with Crippen molar-refractivity contribution in [3.05, 3.63) is 72.1 Å². The second-order valence-electron chi connectivity index (χ2n) is 9.87. The minimum atomic E-state index is -0.0121. The molecule has 5 aromatic rings. The van der Waals surface area contributed by atoms with Crippen LogP contribution in [0.15, 0.2) is 55.2 Å². The predicted octanol–water partition coefficient (Wildman–Crippen LogP) is 5.00. The summed E-state index contributed by atoms with van der Waals surface area (Å²) >= 11 is 0. The van der Waals surface area contributed by atoms with Crippen LogP contribution in [0.4, 0.5) is 11.5 Å². The first-order valence-corrected chi connectivity index (χ1v) is 13.6. The molecule has 3 N–H and O–H groups in total. The molecule has 1 saturated heterocycles. The number of anilines is 2. The van der Waals surface area contributed by atoms with Gasteiger partial charge in [0.2, 0.25) is 0 Å². The molecule has 0 spiro atoms. The van der Waals surface area contributed by atoms with Crippen molar-refractivity contribution in [1.82, 2.24) is 24.5 Å². The van der Waals surface area contributed by atoms with Gasteiger partial charge < -0.3 is 25.3 Å². The molecule has 5 heterocycles. The van der Waals surface area contributed by atoms with Crippen LogP contribution in [0.3, 0.4) is 0 Å². The Morgan fingerprint density at radius 1 is 1.18 bits per heavy atom. The molecular weight excluding hydrogens is 506 g/mol. The summed E-state index contributed by atoms with van der Waals surface area (Å²) < 4.78 is 19.4. The lowest BCUT2D eigenvalue weighted by Crippen LogP contribution is -2.08. The largest absolute Gasteiger partial charge is 0.489 e. The third-order valence-electron chi connectivity index (χ3n) is 7.20. The minimum Gasteiger partial charge on any atom is -0.489 e. The molecule has 10 nitrogen and oxygen atoms in total. The van der Waals surface area contributed by atoms with Gasteiger partial charge in [-0.3, -0.25) is 14.5 Å². The molecule has 1 atom stereocenters. The van der Waals surface area contributed by atoms with E-state index in [4.69, 9.17) is 24.9 Å². The van der Waals surface area contributed by atoms with Gasteiger partial charge in [0, 0.05) is 66.6 Å². The van der Waals surface area contributed by atoms with Gasteiger partial charge in [-0.1, -0.05) is 6.92 Å². The molecule has 1 aromatic carbocycles. The van der Waals surface area contributed by atoms with Gasteiger partial charge in [-0.05, 0) is 43.5 Å². The Balaban J connectivity index is 1.26. The first kappa shape index (κ1) is 26.0. The maximum absolute atomic E-state index is 6.29. The van der Waals surface area contributed by atoms with Crippen LogP contribution >= 0.6 is 0 Å². The Bertz CT molecular complexity index is 1650. The molecule has 4 aromatic heterocycles. The van der Waals surface area contributed by atoms with Crippen LogP contribution in [-0.2, 0) is 22.5 Å². The number of rotatable bonds is 10. The van der Waals surface area contributed by atoms with Gasteiger partial charge in [-0.15, -0.1) is 0 Å². The highest BCUT2D eigenvalue weighted by Gasteiger charge is 2.25. The molecule has 0 aliphatic carbocycles. The number of nitrogen functional groups attached to an aromatic ring is 1. The van der Waals surface area contributed by atoms with Crippen LogP contribution in [0.1, 0.15) is 42.7 Å². The molecule has 1 aliphatic rings. The first-order chi connectivity index (χ1) is 19.6. The molecule has 0 radical (unpaired) electrons. The third-order valence-corrected chi connectivity index (χ3v) is 7.20. The number of aromatic nitrogens is 5. The Kier molecular flexibility index (Phi) is 7.43. The Morgan fingerprint density at radius 2 is 2.10 bits per heavy atom. The van der Waals surface area contributed by atoms with E-state index in [1.54, 1.807) is 7.11 Å². The van der Waals surface area contributed by atoms with Gasteiger partial charge >= 0.3 is 0 Å². The van der Waals surface area contributed by atoms with E-state index in [-0.39, 0.29) is 6.10 Å². The van der Waals surface area contributed by atoms with Crippen molar-refractivity contribution in [3.8, 4) is 11.4 Å². The number of hydrogen-bond acceptors (Lipinski definition) is 9. The molecule has 1 aliphatic heterocycles. The van der Waals surface area contributed by atoms with Gasteiger partial charge in [0.1, 0.15) is 30.1 Å². The fraction of sp³-hybridized carbons (Fsp3) is 0.333. The molecule has 0 bridgehead atoms. The van der Waals surface area contributed by atoms with Crippen LogP contribution in [0, 0.1) is 0 Å². The highest BCUT2D eigenvalue weighted by Crippen LogP contribution is 2.37. The van der Waals surface area contributed by atoms with Crippen LogP contribution in [-0.4, -0.2) is 51.4 Å². The molecule has 0 unspecified atom stereocenters. The molecule has 1 fully saturated rings. The standard InChI is InChI=1S/C30H33N7O3/c1-3-20-12-25(33-8-10-38-2)23-7-6-22(13-26(23)36-20)40-17-19-11-21(15-32-14-19)37-16-24(27-5-4-9-39-27)28-29(31)34-18-35-30(28)37/h6-7,11-16,18,27H,3-5,8-10,17H2,1-2H3,(H,33,36)(H2,31,34,35)/t27-/m1/s1. The lowest BCUT2D eigenvalue weighted by Gasteiger charge is -2.13. The van der Waals surface area contributed by atoms with Crippen molar-refractivity contribution in [2.24, 2.45) is 0 Å². The number of benzene rings is 1. The quantitative estimate of drug-likeness (QED) is 0.236. The second kappa shape index (κ2) is 11.4. The second-order valence-corrected chi connectivity index (χ2v) is 9.87. The number of methoxy groups -OCH3 is 1. The average Bonchev–Trinajstić information content (AvgIpc) is 3.65. The number of nitrogens with one attached hydrogen (secondary N) is 1. The van der Waals surface area contributed by atoms with Crippen LogP contribution in [0.5, 0.6) is 5.75 Å². The number of nitrogens with two attached hydrogens (primary N) is 1. The summed E-state index contributed by atoms with van der Waals surface area (Å²) in [6.45, 7) is 4.56. The minimum absolute atomic E-state index is 0.0121.